The second-order valence-electron chi connectivity index (χ2n) is 8.85. The van der Waals surface area contributed by atoms with Crippen LogP contribution in [0.3, 0.4) is 0 Å². The van der Waals surface area contributed by atoms with Gasteiger partial charge in [-0.1, -0.05) is 36.4 Å². The summed E-state index contributed by atoms with van der Waals surface area (Å²) in [7, 11) is 0. The first kappa shape index (κ1) is 25.0. The summed E-state index contributed by atoms with van der Waals surface area (Å²) in [6.07, 6.45) is -4.77. The SMILES string of the molecule is O=C(Oc1cccc2oc3ccccc3c(=O)c12)C(O)C(O)C(=O)Oc1cccc2oc3ccccc3c(=O)c12. The number of esters is 2. The lowest BCUT2D eigenvalue weighted by Gasteiger charge is -2.16. The van der Waals surface area contributed by atoms with Crippen molar-refractivity contribution in [1.82, 2.24) is 0 Å². The molecule has 0 saturated carbocycles. The van der Waals surface area contributed by atoms with Gasteiger partial charge in [-0.05, 0) is 48.5 Å². The van der Waals surface area contributed by atoms with Crippen LogP contribution in [0.5, 0.6) is 11.5 Å². The highest BCUT2D eigenvalue weighted by atomic mass is 16.6. The van der Waals surface area contributed by atoms with Gasteiger partial charge in [-0.3, -0.25) is 9.59 Å². The predicted octanol–water partition coefficient (Wildman–Crippen LogP) is 3.44. The first-order valence-electron chi connectivity index (χ1n) is 12.0. The van der Waals surface area contributed by atoms with E-state index in [1.54, 1.807) is 48.5 Å². The van der Waals surface area contributed by atoms with Crippen molar-refractivity contribution in [1.29, 1.82) is 0 Å². The van der Waals surface area contributed by atoms with E-state index in [4.69, 9.17) is 18.3 Å². The number of carbonyl (C=O) groups is 2. The molecular weight excluding hydrogens is 520 g/mol. The third kappa shape index (κ3) is 4.17. The van der Waals surface area contributed by atoms with Crippen molar-refractivity contribution < 1.29 is 38.1 Å². The Bertz CT molecular complexity index is 1940. The van der Waals surface area contributed by atoms with Gasteiger partial charge in [0.05, 0.1) is 10.8 Å². The predicted molar refractivity (Wildman–Crippen MR) is 143 cm³/mol. The minimum absolute atomic E-state index is 0.0616. The molecule has 10 nitrogen and oxygen atoms in total. The average molecular weight is 538 g/mol. The monoisotopic (exact) mass is 538 g/mol. The van der Waals surface area contributed by atoms with Gasteiger partial charge in [0, 0.05) is 0 Å². The number of aliphatic hydroxyl groups excluding tert-OH is 2. The second-order valence-corrected chi connectivity index (χ2v) is 8.85. The summed E-state index contributed by atoms with van der Waals surface area (Å²) in [5.74, 6) is -3.32. The summed E-state index contributed by atoms with van der Waals surface area (Å²) in [4.78, 5) is 51.5. The van der Waals surface area contributed by atoms with Gasteiger partial charge in [-0.25, -0.2) is 9.59 Å². The number of para-hydroxylation sites is 2. The molecule has 6 rings (SSSR count). The van der Waals surface area contributed by atoms with Crippen molar-refractivity contribution in [3.8, 4) is 11.5 Å². The summed E-state index contributed by atoms with van der Waals surface area (Å²) in [6, 6.07) is 21.6. The molecular formula is C30H18O10. The van der Waals surface area contributed by atoms with E-state index in [9.17, 15) is 29.4 Å². The second kappa shape index (κ2) is 9.77. The molecule has 0 amide bonds. The Balaban J connectivity index is 1.27. The van der Waals surface area contributed by atoms with Gasteiger partial charge in [-0.2, -0.15) is 0 Å². The number of rotatable bonds is 5. The molecule has 0 bridgehead atoms. The molecule has 2 unspecified atom stereocenters. The summed E-state index contributed by atoms with van der Waals surface area (Å²) in [5, 5.41) is 21.2. The quantitative estimate of drug-likeness (QED) is 0.190. The Morgan fingerprint density at radius 2 is 0.925 bits per heavy atom. The molecule has 2 heterocycles. The number of benzene rings is 4. The van der Waals surface area contributed by atoms with Crippen LogP contribution in [0.1, 0.15) is 0 Å². The summed E-state index contributed by atoms with van der Waals surface area (Å²) in [5.41, 5.74) is -0.0279. The summed E-state index contributed by atoms with van der Waals surface area (Å²) < 4.78 is 21.8. The van der Waals surface area contributed by atoms with Gasteiger partial charge in [0.25, 0.3) is 0 Å². The molecule has 2 atom stereocenters. The number of hydrogen-bond donors (Lipinski definition) is 2. The Labute approximate surface area is 223 Å². The fourth-order valence-electron chi connectivity index (χ4n) is 4.40. The molecule has 6 aromatic rings. The smallest absolute Gasteiger partial charge is 0.343 e. The highest BCUT2D eigenvalue weighted by Gasteiger charge is 2.34. The third-order valence-electron chi connectivity index (χ3n) is 6.34. The van der Waals surface area contributed by atoms with Crippen LogP contribution in [0, 0.1) is 0 Å². The molecule has 198 valence electrons. The number of carbonyl (C=O) groups excluding carboxylic acids is 2. The van der Waals surface area contributed by atoms with Gasteiger partial charge < -0.3 is 28.5 Å². The lowest BCUT2D eigenvalue weighted by molar-refractivity contribution is -0.162. The molecule has 0 aliphatic heterocycles. The van der Waals surface area contributed by atoms with Crippen LogP contribution in [0.15, 0.2) is 103 Å². The fourth-order valence-corrected chi connectivity index (χ4v) is 4.40. The van der Waals surface area contributed by atoms with E-state index in [0.717, 1.165) is 0 Å². The average Bonchev–Trinajstić information content (AvgIpc) is 2.96. The van der Waals surface area contributed by atoms with Crippen LogP contribution in [0.2, 0.25) is 0 Å². The molecule has 0 saturated heterocycles. The molecule has 2 N–H and O–H groups in total. The van der Waals surface area contributed by atoms with E-state index in [2.05, 4.69) is 0 Å². The van der Waals surface area contributed by atoms with Gasteiger partial charge in [0.15, 0.2) is 12.2 Å². The number of hydrogen-bond acceptors (Lipinski definition) is 10. The molecule has 10 heteroatoms. The van der Waals surface area contributed by atoms with Crippen molar-refractivity contribution in [3.63, 3.8) is 0 Å². The van der Waals surface area contributed by atoms with Gasteiger partial charge in [0.2, 0.25) is 10.9 Å². The van der Waals surface area contributed by atoms with Crippen molar-refractivity contribution in [2.75, 3.05) is 0 Å². The minimum Gasteiger partial charge on any atom is -0.456 e. The zero-order valence-corrected chi connectivity index (χ0v) is 20.4. The normalized spacial score (nSPS) is 12.9. The van der Waals surface area contributed by atoms with Crippen LogP contribution in [-0.2, 0) is 9.59 Å². The van der Waals surface area contributed by atoms with E-state index < -0.39 is 35.0 Å². The van der Waals surface area contributed by atoms with Gasteiger partial charge >= 0.3 is 11.9 Å². The Hall–Kier alpha value is -5.32. The molecule has 0 radical (unpaired) electrons. The highest BCUT2D eigenvalue weighted by molar-refractivity contribution is 5.97. The van der Waals surface area contributed by atoms with Crippen LogP contribution >= 0.6 is 0 Å². The highest BCUT2D eigenvalue weighted by Crippen LogP contribution is 2.28. The molecule has 2 aromatic heterocycles. The Morgan fingerprint density at radius 3 is 1.35 bits per heavy atom. The summed E-state index contributed by atoms with van der Waals surface area (Å²) in [6.45, 7) is 0. The maximum atomic E-state index is 13.1. The fraction of sp³-hybridized carbons (Fsp3) is 0.0667. The topological polar surface area (TPSA) is 153 Å². The number of ether oxygens (including phenoxy) is 2. The standard InChI is InChI=1S/C30H18O10/c31-25-15-7-1-3-9-17(15)37-19-11-5-13-21(23(19)25)39-29(35)27(33)28(34)30(36)40-22-14-6-12-20-24(22)26(32)16-8-2-4-10-18(16)38-20/h1-14,27-28,33-34H. The molecule has 0 spiro atoms. The maximum Gasteiger partial charge on any atom is 0.343 e. The maximum absolute atomic E-state index is 13.1. The van der Waals surface area contributed by atoms with Crippen molar-refractivity contribution in [2.24, 2.45) is 0 Å². The van der Waals surface area contributed by atoms with E-state index in [0.29, 0.717) is 11.2 Å². The van der Waals surface area contributed by atoms with Crippen LogP contribution in [0.4, 0.5) is 0 Å². The summed E-state index contributed by atoms with van der Waals surface area (Å²) >= 11 is 0. The first-order chi connectivity index (χ1) is 19.3. The largest absolute Gasteiger partial charge is 0.456 e. The lowest BCUT2D eigenvalue weighted by atomic mass is 10.1. The number of fused-ring (bicyclic) bond motifs is 4. The van der Waals surface area contributed by atoms with E-state index in [1.165, 1.54) is 36.4 Å². The van der Waals surface area contributed by atoms with Crippen LogP contribution in [0.25, 0.3) is 43.9 Å². The number of aliphatic hydroxyl groups is 2. The van der Waals surface area contributed by atoms with E-state index in [-0.39, 0.29) is 44.2 Å². The lowest BCUT2D eigenvalue weighted by Crippen LogP contribution is -2.43. The van der Waals surface area contributed by atoms with Gasteiger partial charge in [-0.15, -0.1) is 0 Å². The van der Waals surface area contributed by atoms with Crippen molar-refractivity contribution >= 4 is 55.8 Å². The third-order valence-corrected chi connectivity index (χ3v) is 6.34. The zero-order valence-electron chi connectivity index (χ0n) is 20.4. The van der Waals surface area contributed by atoms with E-state index in [1.807, 2.05) is 0 Å². The molecule has 40 heavy (non-hydrogen) atoms. The zero-order chi connectivity index (χ0) is 28.0. The van der Waals surface area contributed by atoms with Crippen LogP contribution in [-0.4, -0.2) is 34.4 Å². The molecule has 4 aromatic carbocycles. The molecule has 0 aliphatic carbocycles. The van der Waals surface area contributed by atoms with Crippen molar-refractivity contribution in [3.05, 3.63) is 105 Å². The Kier molecular flexibility index (Phi) is 6.10. The van der Waals surface area contributed by atoms with Gasteiger partial charge in [0.1, 0.15) is 44.6 Å². The van der Waals surface area contributed by atoms with E-state index >= 15 is 0 Å². The van der Waals surface area contributed by atoms with Crippen LogP contribution < -0.4 is 20.3 Å². The molecule has 0 aliphatic rings. The van der Waals surface area contributed by atoms with Crippen molar-refractivity contribution in [2.45, 2.75) is 12.2 Å². The molecule has 0 fully saturated rings. The first-order valence-corrected chi connectivity index (χ1v) is 12.0. The minimum atomic E-state index is -2.39. The Morgan fingerprint density at radius 1 is 0.550 bits per heavy atom.